The van der Waals surface area contributed by atoms with Crippen LogP contribution in [0.5, 0.6) is 5.75 Å². The molecule has 0 radical (unpaired) electrons. The zero-order valence-electron chi connectivity index (χ0n) is 19.7. The minimum absolute atomic E-state index is 0.0637. The van der Waals surface area contributed by atoms with Crippen LogP contribution in [0.2, 0.25) is 0 Å². The fraction of sp³-hybridized carbons (Fsp3) is 0.360. The minimum atomic E-state index is -0.464. The third-order valence-electron chi connectivity index (χ3n) is 6.98. The van der Waals surface area contributed by atoms with Crippen molar-refractivity contribution in [2.24, 2.45) is 0 Å². The predicted octanol–water partition coefficient (Wildman–Crippen LogP) is 1.53. The van der Waals surface area contributed by atoms with Crippen molar-refractivity contribution < 1.29 is 19.1 Å². The van der Waals surface area contributed by atoms with Crippen molar-refractivity contribution >= 4 is 34.7 Å². The zero-order chi connectivity index (χ0) is 25.5. The Balaban J connectivity index is 1.11. The van der Waals surface area contributed by atoms with Gasteiger partial charge in [-0.15, -0.1) is 0 Å². The molecule has 1 aliphatic carbocycles. The van der Waals surface area contributed by atoms with E-state index in [1.54, 1.807) is 33.7 Å². The van der Waals surface area contributed by atoms with E-state index in [2.05, 4.69) is 26.7 Å². The SMILES string of the molecule is N#Cc1cnc2ccc(=O)n(CCN[C@H]3CC[C@H]4[C@H](C3)OC(=O)N4c3ccc4c(n3)NC(=O)CO4)c2c1. The fourth-order valence-electron chi connectivity index (χ4n) is 5.23. The molecule has 3 atom stereocenters. The minimum Gasteiger partial charge on any atom is -0.480 e. The summed E-state index contributed by atoms with van der Waals surface area (Å²) in [7, 11) is 0. The van der Waals surface area contributed by atoms with E-state index >= 15 is 0 Å². The second-order valence-electron chi connectivity index (χ2n) is 9.24. The molecule has 2 aliphatic heterocycles. The summed E-state index contributed by atoms with van der Waals surface area (Å²) >= 11 is 0. The van der Waals surface area contributed by atoms with Crippen molar-refractivity contribution in [2.75, 3.05) is 23.4 Å². The third-order valence-corrected chi connectivity index (χ3v) is 6.98. The van der Waals surface area contributed by atoms with E-state index in [0.29, 0.717) is 59.9 Å². The average Bonchev–Trinajstić information content (AvgIpc) is 3.24. The molecule has 0 spiro atoms. The smallest absolute Gasteiger partial charge is 0.416 e. The first-order chi connectivity index (χ1) is 18.0. The van der Waals surface area contributed by atoms with Crippen molar-refractivity contribution in [3.8, 4) is 11.8 Å². The molecule has 12 nitrogen and oxygen atoms in total. The Morgan fingerprint density at radius 2 is 2.08 bits per heavy atom. The van der Waals surface area contributed by atoms with Gasteiger partial charge in [-0.05, 0) is 37.1 Å². The van der Waals surface area contributed by atoms with Gasteiger partial charge in [0, 0.05) is 37.8 Å². The van der Waals surface area contributed by atoms with Gasteiger partial charge in [-0.2, -0.15) is 5.26 Å². The molecular formula is C25H23N7O5. The topological polar surface area (TPSA) is 151 Å². The number of nitrogens with one attached hydrogen (secondary N) is 2. The van der Waals surface area contributed by atoms with E-state index in [0.717, 1.165) is 6.42 Å². The number of carbonyl (C=O) groups excluding carboxylic acids is 2. The highest BCUT2D eigenvalue weighted by molar-refractivity contribution is 5.95. The third kappa shape index (κ3) is 4.23. The van der Waals surface area contributed by atoms with E-state index in [1.807, 2.05) is 0 Å². The van der Waals surface area contributed by atoms with Crippen LogP contribution in [0, 0.1) is 11.3 Å². The molecule has 0 unspecified atom stereocenters. The average molecular weight is 502 g/mol. The van der Waals surface area contributed by atoms with Crippen LogP contribution in [0.25, 0.3) is 11.0 Å². The number of fused-ring (bicyclic) bond motifs is 3. The summed E-state index contributed by atoms with van der Waals surface area (Å²) in [6.45, 7) is 0.878. The van der Waals surface area contributed by atoms with Gasteiger partial charge in [0.1, 0.15) is 18.0 Å². The molecule has 3 aromatic rings. The van der Waals surface area contributed by atoms with Crippen LogP contribution in [0.1, 0.15) is 24.8 Å². The molecule has 37 heavy (non-hydrogen) atoms. The Labute approximate surface area is 210 Å². The van der Waals surface area contributed by atoms with E-state index in [9.17, 15) is 19.6 Å². The lowest BCUT2D eigenvalue weighted by atomic mass is 9.88. The molecule has 2 fully saturated rings. The van der Waals surface area contributed by atoms with Crippen LogP contribution in [0.15, 0.2) is 41.3 Å². The highest BCUT2D eigenvalue weighted by atomic mass is 16.6. The van der Waals surface area contributed by atoms with Crippen LogP contribution < -0.4 is 25.8 Å². The van der Waals surface area contributed by atoms with Crippen molar-refractivity contribution in [2.45, 2.75) is 44.0 Å². The Kier molecular flexibility index (Phi) is 5.69. The lowest BCUT2D eigenvalue weighted by molar-refractivity contribution is -0.118. The number of pyridine rings is 3. The van der Waals surface area contributed by atoms with E-state index < -0.39 is 6.09 Å². The molecule has 1 saturated carbocycles. The number of nitrogens with zero attached hydrogens (tertiary/aromatic N) is 5. The van der Waals surface area contributed by atoms with Crippen molar-refractivity contribution in [3.05, 3.63) is 52.4 Å². The number of carbonyl (C=O) groups is 2. The maximum Gasteiger partial charge on any atom is 0.416 e. The number of aromatic nitrogens is 3. The molecule has 0 aromatic carbocycles. The van der Waals surface area contributed by atoms with Crippen molar-refractivity contribution in [1.82, 2.24) is 19.9 Å². The van der Waals surface area contributed by atoms with Crippen LogP contribution in [0.3, 0.4) is 0 Å². The van der Waals surface area contributed by atoms with Crippen LogP contribution in [-0.2, 0) is 16.1 Å². The van der Waals surface area contributed by atoms with Crippen LogP contribution >= 0.6 is 0 Å². The van der Waals surface area contributed by atoms with Crippen LogP contribution in [0.4, 0.5) is 16.4 Å². The molecule has 3 aliphatic rings. The molecule has 188 valence electrons. The number of rotatable bonds is 5. The van der Waals surface area contributed by atoms with Crippen molar-refractivity contribution in [3.63, 3.8) is 0 Å². The lowest BCUT2D eigenvalue weighted by Crippen LogP contribution is -2.46. The van der Waals surface area contributed by atoms with E-state index in [4.69, 9.17) is 9.47 Å². The number of nitriles is 1. The summed E-state index contributed by atoms with van der Waals surface area (Å²) in [5, 5.41) is 15.3. The van der Waals surface area contributed by atoms with E-state index in [1.165, 1.54) is 12.3 Å². The zero-order valence-corrected chi connectivity index (χ0v) is 19.7. The monoisotopic (exact) mass is 501 g/mol. The van der Waals surface area contributed by atoms with Gasteiger partial charge in [0.25, 0.3) is 11.5 Å². The van der Waals surface area contributed by atoms with Gasteiger partial charge in [0.2, 0.25) is 0 Å². The number of ether oxygens (including phenoxy) is 2. The summed E-state index contributed by atoms with van der Waals surface area (Å²) < 4.78 is 12.7. The second kappa shape index (κ2) is 9.18. The van der Waals surface area contributed by atoms with Gasteiger partial charge < -0.3 is 24.7 Å². The van der Waals surface area contributed by atoms with Gasteiger partial charge in [-0.3, -0.25) is 19.5 Å². The first-order valence-corrected chi connectivity index (χ1v) is 12.1. The summed E-state index contributed by atoms with van der Waals surface area (Å²) in [5.74, 6) is 0.874. The highest BCUT2D eigenvalue weighted by Gasteiger charge is 2.46. The largest absolute Gasteiger partial charge is 0.480 e. The normalized spacial score (nSPS) is 22.5. The predicted molar refractivity (Wildman–Crippen MR) is 131 cm³/mol. The maximum atomic E-state index is 12.8. The number of hydrogen-bond acceptors (Lipinski definition) is 9. The molecule has 12 heteroatoms. The Morgan fingerprint density at radius 1 is 1.19 bits per heavy atom. The summed E-state index contributed by atoms with van der Waals surface area (Å²) in [6, 6.07) is 10.2. The molecule has 1 saturated heterocycles. The van der Waals surface area contributed by atoms with E-state index in [-0.39, 0.29) is 36.3 Å². The van der Waals surface area contributed by atoms with Crippen molar-refractivity contribution in [1.29, 1.82) is 5.26 Å². The van der Waals surface area contributed by atoms with Gasteiger partial charge in [-0.25, -0.2) is 9.78 Å². The lowest BCUT2D eigenvalue weighted by Gasteiger charge is -2.33. The maximum absolute atomic E-state index is 12.8. The second-order valence-corrected chi connectivity index (χ2v) is 9.24. The number of anilines is 2. The molecular weight excluding hydrogens is 478 g/mol. The summed E-state index contributed by atoms with van der Waals surface area (Å²) in [5.41, 5.74) is 1.51. The first-order valence-electron chi connectivity index (χ1n) is 12.1. The Bertz CT molecular complexity index is 1510. The molecule has 3 aromatic heterocycles. The van der Waals surface area contributed by atoms with Crippen LogP contribution in [-0.4, -0.2) is 57.9 Å². The van der Waals surface area contributed by atoms with Gasteiger partial charge >= 0.3 is 6.09 Å². The Morgan fingerprint density at radius 3 is 2.95 bits per heavy atom. The number of hydrogen-bond donors (Lipinski definition) is 2. The van der Waals surface area contributed by atoms with Gasteiger partial charge in [-0.1, -0.05) is 0 Å². The molecule has 2 N–H and O–H groups in total. The summed E-state index contributed by atoms with van der Waals surface area (Å²) in [4.78, 5) is 47.2. The molecule has 5 heterocycles. The standard InChI is InChI=1S/C25H23N7O5/c26-11-14-9-18-16(28-12-14)2-6-23(34)31(18)8-7-27-15-1-3-17-20(10-15)37-25(35)32(17)21-5-4-19-24(29-21)30-22(33)13-36-19/h2,4-6,9,12,15,17,20,27H,1,3,7-8,10,13H2,(H,29,30,33)/t15-,17-,20-/m0/s1. The van der Waals surface area contributed by atoms with Gasteiger partial charge in [0.15, 0.2) is 18.2 Å². The summed E-state index contributed by atoms with van der Waals surface area (Å²) in [6.07, 6.45) is 2.87. The number of amides is 2. The molecule has 2 amide bonds. The highest BCUT2D eigenvalue weighted by Crippen LogP contribution is 2.37. The fourth-order valence-corrected chi connectivity index (χ4v) is 5.23. The first kappa shape index (κ1) is 22.9. The van der Waals surface area contributed by atoms with Gasteiger partial charge in [0.05, 0.1) is 22.6 Å². The quantitative estimate of drug-likeness (QED) is 0.530. The molecule has 0 bridgehead atoms. The Hall–Kier alpha value is -4.50. The molecule has 6 rings (SSSR count).